The number of carbonyl (C=O) groups is 1. The second kappa shape index (κ2) is 3.90. The lowest BCUT2D eigenvalue weighted by Crippen LogP contribution is -1.95. The van der Waals surface area contributed by atoms with E-state index in [2.05, 4.69) is 15.9 Å². The van der Waals surface area contributed by atoms with Crippen molar-refractivity contribution in [1.82, 2.24) is 0 Å². The van der Waals surface area contributed by atoms with Crippen LogP contribution in [-0.2, 0) is 0 Å². The SMILES string of the molecule is O=C(O)c1cocc1-c1ccc(Br)cc1. The first-order valence-electron chi connectivity index (χ1n) is 4.24. The lowest BCUT2D eigenvalue weighted by atomic mass is 10.1. The minimum Gasteiger partial charge on any atom is -0.478 e. The quantitative estimate of drug-likeness (QED) is 0.907. The zero-order valence-electron chi connectivity index (χ0n) is 7.61. The third-order valence-corrected chi connectivity index (χ3v) is 2.58. The topological polar surface area (TPSA) is 50.4 Å². The summed E-state index contributed by atoms with van der Waals surface area (Å²) < 4.78 is 5.85. The number of carboxylic acids is 1. The van der Waals surface area contributed by atoms with E-state index in [0.717, 1.165) is 10.0 Å². The van der Waals surface area contributed by atoms with Crippen LogP contribution in [-0.4, -0.2) is 11.1 Å². The minimum absolute atomic E-state index is 0.178. The average molecular weight is 267 g/mol. The third-order valence-electron chi connectivity index (χ3n) is 2.05. The van der Waals surface area contributed by atoms with E-state index in [1.54, 1.807) is 0 Å². The fourth-order valence-electron chi connectivity index (χ4n) is 1.32. The fraction of sp³-hybridized carbons (Fsp3) is 0. The molecule has 0 spiro atoms. The normalized spacial score (nSPS) is 10.2. The van der Waals surface area contributed by atoms with Crippen LogP contribution < -0.4 is 0 Å². The molecule has 1 N–H and O–H groups in total. The number of aromatic carboxylic acids is 1. The molecule has 0 saturated carbocycles. The van der Waals surface area contributed by atoms with Gasteiger partial charge in [0.05, 0.1) is 6.26 Å². The van der Waals surface area contributed by atoms with Gasteiger partial charge in [0, 0.05) is 10.0 Å². The van der Waals surface area contributed by atoms with Crippen LogP contribution in [0.1, 0.15) is 10.4 Å². The Hall–Kier alpha value is -1.55. The number of benzene rings is 1. The molecule has 2 aromatic rings. The van der Waals surface area contributed by atoms with Gasteiger partial charge in [-0.25, -0.2) is 4.79 Å². The van der Waals surface area contributed by atoms with Gasteiger partial charge < -0.3 is 9.52 Å². The molecule has 15 heavy (non-hydrogen) atoms. The molecule has 1 aromatic carbocycles. The summed E-state index contributed by atoms with van der Waals surface area (Å²) in [5.74, 6) is -0.985. The molecule has 1 aromatic heterocycles. The van der Waals surface area contributed by atoms with Gasteiger partial charge in [-0.1, -0.05) is 28.1 Å². The number of furan rings is 1. The Morgan fingerprint density at radius 2 is 1.87 bits per heavy atom. The van der Waals surface area contributed by atoms with Crippen LogP contribution in [0, 0.1) is 0 Å². The molecule has 0 amide bonds. The van der Waals surface area contributed by atoms with Crippen LogP contribution >= 0.6 is 15.9 Å². The zero-order valence-corrected chi connectivity index (χ0v) is 9.19. The lowest BCUT2D eigenvalue weighted by molar-refractivity contribution is 0.0697. The molecule has 1 heterocycles. The molecule has 0 bridgehead atoms. The van der Waals surface area contributed by atoms with E-state index in [0.29, 0.717) is 5.56 Å². The first-order valence-corrected chi connectivity index (χ1v) is 5.03. The van der Waals surface area contributed by atoms with Crippen molar-refractivity contribution in [3.8, 4) is 11.1 Å². The van der Waals surface area contributed by atoms with Gasteiger partial charge in [-0.15, -0.1) is 0 Å². The van der Waals surface area contributed by atoms with E-state index in [4.69, 9.17) is 9.52 Å². The van der Waals surface area contributed by atoms with Gasteiger partial charge in [-0.3, -0.25) is 0 Å². The highest BCUT2D eigenvalue weighted by molar-refractivity contribution is 9.10. The Labute approximate surface area is 94.5 Å². The van der Waals surface area contributed by atoms with Crippen LogP contribution in [0.5, 0.6) is 0 Å². The Bertz CT molecular complexity index is 485. The number of halogens is 1. The second-order valence-corrected chi connectivity index (χ2v) is 3.93. The maximum absolute atomic E-state index is 10.9. The predicted octanol–water partition coefficient (Wildman–Crippen LogP) is 3.41. The van der Waals surface area contributed by atoms with Crippen LogP contribution in [0.25, 0.3) is 11.1 Å². The Morgan fingerprint density at radius 1 is 1.20 bits per heavy atom. The number of hydrogen-bond donors (Lipinski definition) is 1. The molecule has 0 atom stereocenters. The number of carboxylic acid groups (broad SMARTS) is 1. The van der Waals surface area contributed by atoms with Crippen LogP contribution in [0.2, 0.25) is 0 Å². The Morgan fingerprint density at radius 3 is 2.47 bits per heavy atom. The fourth-order valence-corrected chi connectivity index (χ4v) is 1.58. The number of hydrogen-bond acceptors (Lipinski definition) is 2. The predicted molar refractivity (Wildman–Crippen MR) is 58.8 cm³/mol. The molecule has 0 aliphatic heterocycles. The molecular weight excluding hydrogens is 260 g/mol. The molecule has 0 fully saturated rings. The lowest BCUT2D eigenvalue weighted by Gasteiger charge is -1.99. The van der Waals surface area contributed by atoms with E-state index >= 15 is 0 Å². The van der Waals surface area contributed by atoms with Crippen molar-refractivity contribution < 1.29 is 14.3 Å². The first-order chi connectivity index (χ1) is 7.18. The maximum atomic E-state index is 10.9. The van der Waals surface area contributed by atoms with Gasteiger partial charge in [0.15, 0.2) is 0 Å². The van der Waals surface area contributed by atoms with E-state index in [-0.39, 0.29) is 5.56 Å². The van der Waals surface area contributed by atoms with Crippen molar-refractivity contribution in [2.24, 2.45) is 0 Å². The van der Waals surface area contributed by atoms with E-state index in [9.17, 15) is 4.79 Å². The second-order valence-electron chi connectivity index (χ2n) is 3.01. The van der Waals surface area contributed by atoms with E-state index in [1.807, 2.05) is 24.3 Å². The van der Waals surface area contributed by atoms with Gasteiger partial charge >= 0.3 is 5.97 Å². The highest BCUT2D eigenvalue weighted by Crippen LogP contribution is 2.26. The number of rotatable bonds is 2. The molecule has 0 radical (unpaired) electrons. The van der Waals surface area contributed by atoms with Gasteiger partial charge in [-0.05, 0) is 17.7 Å². The first kappa shape index (κ1) is 9.98. The summed E-state index contributed by atoms with van der Waals surface area (Å²) in [4.78, 5) is 10.9. The van der Waals surface area contributed by atoms with Crippen molar-refractivity contribution in [2.45, 2.75) is 0 Å². The summed E-state index contributed by atoms with van der Waals surface area (Å²) in [6, 6.07) is 7.38. The Kier molecular flexibility index (Phi) is 2.60. The van der Waals surface area contributed by atoms with Gasteiger partial charge in [0.1, 0.15) is 11.8 Å². The molecule has 3 nitrogen and oxygen atoms in total. The monoisotopic (exact) mass is 266 g/mol. The van der Waals surface area contributed by atoms with Crippen molar-refractivity contribution in [2.75, 3.05) is 0 Å². The van der Waals surface area contributed by atoms with Gasteiger partial charge in [0.25, 0.3) is 0 Å². The molecular formula is C11H7BrO3. The molecule has 0 aliphatic carbocycles. The highest BCUT2D eigenvalue weighted by Gasteiger charge is 2.13. The van der Waals surface area contributed by atoms with Crippen LogP contribution in [0.3, 0.4) is 0 Å². The molecule has 0 aliphatic rings. The molecule has 4 heteroatoms. The third kappa shape index (κ3) is 1.94. The van der Waals surface area contributed by atoms with Crippen molar-refractivity contribution >= 4 is 21.9 Å². The van der Waals surface area contributed by atoms with Crippen molar-refractivity contribution in [3.63, 3.8) is 0 Å². The van der Waals surface area contributed by atoms with Crippen molar-refractivity contribution in [1.29, 1.82) is 0 Å². The summed E-state index contributed by atoms with van der Waals surface area (Å²) in [5, 5.41) is 8.90. The van der Waals surface area contributed by atoms with Crippen molar-refractivity contribution in [3.05, 3.63) is 46.8 Å². The molecule has 0 saturated heterocycles. The highest BCUT2D eigenvalue weighted by atomic mass is 79.9. The summed E-state index contributed by atoms with van der Waals surface area (Å²) in [7, 11) is 0. The van der Waals surface area contributed by atoms with Gasteiger partial charge in [0.2, 0.25) is 0 Å². The maximum Gasteiger partial charge on any atom is 0.339 e. The Balaban J connectivity index is 2.49. The van der Waals surface area contributed by atoms with E-state index < -0.39 is 5.97 Å². The summed E-state index contributed by atoms with van der Waals surface area (Å²) >= 11 is 3.32. The summed E-state index contributed by atoms with van der Waals surface area (Å²) in [6.07, 6.45) is 2.67. The largest absolute Gasteiger partial charge is 0.478 e. The zero-order chi connectivity index (χ0) is 10.8. The standard InChI is InChI=1S/C11H7BrO3/c12-8-3-1-7(2-4-8)9-5-15-6-10(9)11(13)14/h1-6H,(H,13,14). The minimum atomic E-state index is -0.985. The molecule has 0 unspecified atom stereocenters. The molecule has 2 rings (SSSR count). The van der Waals surface area contributed by atoms with E-state index in [1.165, 1.54) is 12.5 Å². The van der Waals surface area contributed by atoms with Crippen LogP contribution in [0.15, 0.2) is 45.7 Å². The van der Waals surface area contributed by atoms with Crippen LogP contribution in [0.4, 0.5) is 0 Å². The van der Waals surface area contributed by atoms with Gasteiger partial charge in [-0.2, -0.15) is 0 Å². The molecule has 76 valence electrons. The smallest absolute Gasteiger partial charge is 0.339 e. The summed E-state index contributed by atoms with van der Waals surface area (Å²) in [5.41, 5.74) is 1.59. The average Bonchev–Trinajstić information content (AvgIpc) is 2.67. The summed E-state index contributed by atoms with van der Waals surface area (Å²) in [6.45, 7) is 0.